The SMILES string of the molecule is CCCC1CN(C(CC)COC)CCCN1. The smallest absolute Gasteiger partial charge is 0.0617 e. The van der Waals surface area contributed by atoms with E-state index in [9.17, 15) is 0 Å². The van der Waals surface area contributed by atoms with Crippen LogP contribution in [0.15, 0.2) is 0 Å². The highest BCUT2D eigenvalue weighted by Gasteiger charge is 2.22. The number of hydrogen-bond acceptors (Lipinski definition) is 3. The summed E-state index contributed by atoms with van der Waals surface area (Å²) in [4.78, 5) is 2.61. The summed E-state index contributed by atoms with van der Waals surface area (Å²) in [5.74, 6) is 0. The van der Waals surface area contributed by atoms with Crippen LogP contribution in [-0.2, 0) is 4.74 Å². The lowest BCUT2D eigenvalue weighted by Crippen LogP contribution is -2.44. The van der Waals surface area contributed by atoms with Gasteiger partial charge < -0.3 is 10.1 Å². The van der Waals surface area contributed by atoms with E-state index in [0.717, 1.165) is 6.61 Å². The molecule has 0 aromatic heterocycles. The first-order valence-electron chi connectivity index (χ1n) is 6.78. The van der Waals surface area contributed by atoms with Crippen LogP contribution in [0.25, 0.3) is 0 Å². The Kier molecular flexibility index (Phi) is 7.01. The van der Waals surface area contributed by atoms with Gasteiger partial charge in [0.25, 0.3) is 0 Å². The van der Waals surface area contributed by atoms with Crippen LogP contribution in [0.2, 0.25) is 0 Å². The summed E-state index contributed by atoms with van der Waals surface area (Å²) in [5.41, 5.74) is 0. The fourth-order valence-corrected chi connectivity index (χ4v) is 2.57. The highest BCUT2D eigenvalue weighted by atomic mass is 16.5. The number of nitrogens with zero attached hydrogens (tertiary/aromatic N) is 1. The Hall–Kier alpha value is -0.120. The van der Waals surface area contributed by atoms with Crippen molar-refractivity contribution < 1.29 is 4.74 Å². The standard InChI is InChI=1S/C13H28N2O/c1-4-7-12-10-15(9-6-8-14-12)13(5-2)11-16-3/h12-14H,4-11H2,1-3H3. The first kappa shape index (κ1) is 13.9. The molecule has 0 aliphatic carbocycles. The number of rotatable bonds is 6. The number of ether oxygens (including phenoxy) is 1. The Bertz CT molecular complexity index is 175. The van der Waals surface area contributed by atoms with E-state index < -0.39 is 0 Å². The van der Waals surface area contributed by atoms with Gasteiger partial charge in [0.15, 0.2) is 0 Å². The van der Waals surface area contributed by atoms with Gasteiger partial charge >= 0.3 is 0 Å². The lowest BCUT2D eigenvalue weighted by Gasteiger charge is -2.31. The van der Waals surface area contributed by atoms with E-state index in [1.165, 1.54) is 45.3 Å². The van der Waals surface area contributed by atoms with Crippen molar-refractivity contribution in [2.75, 3.05) is 33.4 Å². The van der Waals surface area contributed by atoms with Crippen LogP contribution in [0, 0.1) is 0 Å². The molecule has 1 N–H and O–H groups in total. The van der Waals surface area contributed by atoms with Gasteiger partial charge in [-0.1, -0.05) is 20.3 Å². The molecule has 0 bridgehead atoms. The molecule has 2 unspecified atom stereocenters. The van der Waals surface area contributed by atoms with E-state index in [-0.39, 0.29) is 0 Å². The van der Waals surface area contributed by atoms with Gasteiger partial charge in [0, 0.05) is 25.7 Å². The minimum Gasteiger partial charge on any atom is -0.383 e. The monoisotopic (exact) mass is 228 g/mol. The van der Waals surface area contributed by atoms with E-state index in [0.29, 0.717) is 12.1 Å². The van der Waals surface area contributed by atoms with Crippen LogP contribution < -0.4 is 5.32 Å². The maximum Gasteiger partial charge on any atom is 0.0617 e. The molecule has 1 aliphatic heterocycles. The van der Waals surface area contributed by atoms with Crippen LogP contribution in [0.3, 0.4) is 0 Å². The van der Waals surface area contributed by atoms with E-state index in [4.69, 9.17) is 4.74 Å². The predicted molar refractivity (Wildman–Crippen MR) is 68.8 cm³/mol. The summed E-state index contributed by atoms with van der Waals surface area (Å²) in [6, 6.07) is 1.28. The molecule has 1 fully saturated rings. The van der Waals surface area contributed by atoms with Gasteiger partial charge in [-0.15, -0.1) is 0 Å². The summed E-state index contributed by atoms with van der Waals surface area (Å²) in [7, 11) is 1.81. The summed E-state index contributed by atoms with van der Waals surface area (Å²) in [6.07, 6.45) is 5.01. The van der Waals surface area contributed by atoms with E-state index in [1.54, 1.807) is 0 Å². The summed E-state index contributed by atoms with van der Waals surface area (Å²) in [6.45, 7) is 8.98. The van der Waals surface area contributed by atoms with Crippen LogP contribution >= 0.6 is 0 Å². The average molecular weight is 228 g/mol. The highest BCUT2D eigenvalue weighted by Crippen LogP contribution is 2.11. The average Bonchev–Trinajstić information content (AvgIpc) is 2.52. The molecule has 0 radical (unpaired) electrons. The van der Waals surface area contributed by atoms with Crippen molar-refractivity contribution in [3.63, 3.8) is 0 Å². The van der Waals surface area contributed by atoms with Crippen LogP contribution in [0.1, 0.15) is 39.5 Å². The highest BCUT2D eigenvalue weighted by molar-refractivity contribution is 4.80. The summed E-state index contributed by atoms with van der Waals surface area (Å²) >= 11 is 0. The van der Waals surface area contributed by atoms with Crippen molar-refractivity contribution in [2.45, 2.75) is 51.6 Å². The van der Waals surface area contributed by atoms with E-state index in [2.05, 4.69) is 24.1 Å². The van der Waals surface area contributed by atoms with E-state index in [1.807, 2.05) is 7.11 Å². The zero-order valence-electron chi connectivity index (χ0n) is 11.2. The molecule has 0 amide bonds. The second-order valence-electron chi connectivity index (χ2n) is 4.81. The van der Waals surface area contributed by atoms with Gasteiger partial charge in [0.2, 0.25) is 0 Å². The molecular weight excluding hydrogens is 200 g/mol. The van der Waals surface area contributed by atoms with Crippen molar-refractivity contribution in [1.29, 1.82) is 0 Å². The largest absolute Gasteiger partial charge is 0.383 e. The molecule has 3 nitrogen and oxygen atoms in total. The Labute approximate surface area is 101 Å². The third-order valence-corrected chi connectivity index (χ3v) is 3.49. The first-order valence-corrected chi connectivity index (χ1v) is 6.78. The number of methoxy groups -OCH3 is 1. The Morgan fingerprint density at radius 3 is 2.88 bits per heavy atom. The quantitative estimate of drug-likeness (QED) is 0.751. The lowest BCUT2D eigenvalue weighted by atomic mass is 10.1. The summed E-state index contributed by atoms with van der Waals surface area (Å²) < 4.78 is 5.32. The third-order valence-electron chi connectivity index (χ3n) is 3.49. The van der Waals surface area contributed by atoms with Crippen LogP contribution in [-0.4, -0.2) is 50.3 Å². The molecule has 2 atom stereocenters. The van der Waals surface area contributed by atoms with Crippen molar-refractivity contribution in [1.82, 2.24) is 10.2 Å². The van der Waals surface area contributed by atoms with Crippen molar-refractivity contribution in [3.8, 4) is 0 Å². The Morgan fingerprint density at radius 1 is 1.44 bits per heavy atom. The van der Waals surface area contributed by atoms with Crippen molar-refractivity contribution >= 4 is 0 Å². The fourth-order valence-electron chi connectivity index (χ4n) is 2.57. The van der Waals surface area contributed by atoms with Gasteiger partial charge in [-0.25, -0.2) is 0 Å². The molecule has 1 saturated heterocycles. The van der Waals surface area contributed by atoms with E-state index >= 15 is 0 Å². The second-order valence-corrected chi connectivity index (χ2v) is 4.81. The molecular formula is C13H28N2O. The fraction of sp³-hybridized carbons (Fsp3) is 1.00. The molecule has 3 heteroatoms. The third kappa shape index (κ3) is 4.40. The molecule has 96 valence electrons. The van der Waals surface area contributed by atoms with Crippen molar-refractivity contribution in [2.24, 2.45) is 0 Å². The second kappa shape index (κ2) is 8.04. The van der Waals surface area contributed by atoms with Gasteiger partial charge in [-0.3, -0.25) is 4.90 Å². The van der Waals surface area contributed by atoms with Gasteiger partial charge in [0.05, 0.1) is 6.61 Å². The summed E-state index contributed by atoms with van der Waals surface area (Å²) in [5, 5.41) is 3.65. The lowest BCUT2D eigenvalue weighted by molar-refractivity contribution is 0.0856. The van der Waals surface area contributed by atoms with Crippen molar-refractivity contribution in [3.05, 3.63) is 0 Å². The molecule has 1 aliphatic rings. The Balaban J connectivity index is 2.48. The maximum absolute atomic E-state index is 5.32. The molecule has 16 heavy (non-hydrogen) atoms. The zero-order chi connectivity index (χ0) is 11.8. The van der Waals surface area contributed by atoms with Gasteiger partial charge in [-0.2, -0.15) is 0 Å². The normalized spacial score (nSPS) is 25.3. The first-order chi connectivity index (χ1) is 7.81. The minimum absolute atomic E-state index is 0.601. The topological polar surface area (TPSA) is 24.5 Å². The minimum atomic E-state index is 0.601. The Morgan fingerprint density at radius 2 is 2.25 bits per heavy atom. The number of nitrogens with one attached hydrogen (secondary N) is 1. The predicted octanol–water partition coefficient (Wildman–Crippen LogP) is 1.88. The molecule has 1 rings (SSSR count). The molecule has 0 aromatic rings. The number of hydrogen-bond donors (Lipinski definition) is 1. The van der Waals surface area contributed by atoms with Gasteiger partial charge in [0.1, 0.15) is 0 Å². The molecule has 0 spiro atoms. The molecule has 0 saturated carbocycles. The zero-order valence-corrected chi connectivity index (χ0v) is 11.2. The molecule has 0 aromatic carbocycles. The van der Waals surface area contributed by atoms with Crippen LogP contribution in [0.5, 0.6) is 0 Å². The van der Waals surface area contributed by atoms with Crippen LogP contribution in [0.4, 0.5) is 0 Å². The maximum atomic E-state index is 5.32. The van der Waals surface area contributed by atoms with Gasteiger partial charge in [-0.05, 0) is 32.4 Å². The molecule has 1 heterocycles.